The minimum atomic E-state index is -1.11. The Kier molecular flexibility index (Phi) is 2.33. The van der Waals surface area contributed by atoms with Crippen LogP contribution in [0.3, 0.4) is 0 Å². The Morgan fingerprint density at radius 3 is 2.43 bits per heavy atom. The Morgan fingerprint density at radius 2 is 1.86 bits per heavy atom. The van der Waals surface area contributed by atoms with Gasteiger partial charge in [-0.3, -0.25) is 0 Å². The first kappa shape index (κ1) is 8.97. The first-order chi connectivity index (χ1) is 6.77. The lowest BCUT2D eigenvalue weighted by Crippen LogP contribution is -2.20. The van der Waals surface area contributed by atoms with Crippen LogP contribution in [0.25, 0.3) is 11.1 Å². The van der Waals surface area contributed by atoms with Crippen LogP contribution in [0.15, 0.2) is 41.8 Å². The topological polar surface area (TPSA) is 40.1 Å². The van der Waals surface area contributed by atoms with Crippen molar-refractivity contribution < 1.29 is 9.90 Å². The minimum absolute atomic E-state index is 0.267. The van der Waals surface area contributed by atoms with E-state index in [0.717, 1.165) is 11.1 Å². The van der Waals surface area contributed by atoms with Crippen molar-refractivity contribution in [1.29, 1.82) is 0 Å². The first-order valence-corrected chi connectivity index (χ1v) is 5.00. The number of carboxylic acids is 1. The van der Waals surface area contributed by atoms with Crippen LogP contribution < -0.4 is 5.11 Å². The van der Waals surface area contributed by atoms with E-state index in [4.69, 9.17) is 0 Å². The maximum absolute atomic E-state index is 10.5. The fourth-order valence-corrected chi connectivity index (χ4v) is 1.97. The van der Waals surface area contributed by atoms with Crippen LogP contribution in [0.5, 0.6) is 0 Å². The monoisotopic (exact) mass is 203 g/mol. The predicted molar refractivity (Wildman–Crippen MR) is 54.1 cm³/mol. The molecule has 0 unspecified atom stereocenters. The third kappa shape index (κ3) is 1.67. The molecule has 2 nitrogen and oxygen atoms in total. The highest BCUT2D eigenvalue weighted by molar-refractivity contribution is 7.12. The minimum Gasteiger partial charge on any atom is -0.544 e. The van der Waals surface area contributed by atoms with Crippen LogP contribution >= 0.6 is 11.3 Å². The molecule has 0 N–H and O–H groups in total. The molecular formula is C11H7O2S-. The van der Waals surface area contributed by atoms with E-state index in [0.29, 0.717) is 0 Å². The van der Waals surface area contributed by atoms with Crippen molar-refractivity contribution in [2.45, 2.75) is 0 Å². The molecule has 0 spiro atoms. The van der Waals surface area contributed by atoms with E-state index in [-0.39, 0.29) is 4.88 Å². The van der Waals surface area contributed by atoms with Crippen molar-refractivity contribution in [2.24, 2.45) is 0 Å². The van der Waals surface area contributed by atoms with Gasteiger partial charge < -0.3 is 9.90 Å². The smallest absolute Gasteiger partial charge is 0.0815 e. The maximum Gasteiger partial charge on any atom is 0.0815 e. The summed E-state index contributed by atoms with van der Waals surface area (Å²) in [4.78, 5) is 10.8. The number of thiophene rings is 1. The van der Waals surface area contributed by atoms with Gasteiger partial charge in [0.1, 0.15) is 0 Å². The Bertz CT molecular complexity index is 445. The van der Waals surface area contributed by atoms with Crippen LogP contribution in [0, 0.1) is 0 Å². The van der Waals surface area contributed by atoms with Crippen LogP contribution in [-0.4, -0.2) is 5.97 Å². The van der Waals surface area contributed by atoms with Gasteiger partial charge in [-0.15, -0.1) is 11.3 Å². The lowest BCUT2D eigenvalue weighted by Gasteiger charge is -1.96. The van der Waals surface area contributed by atoms with Crippen LogP contribution in [0.1, 0.15) is 9.67 Å². The number of hydrogen-bond acceptors (Lipinski definition) is 3. The molecule has 0 saturated heterocycles. The van der Waals surface area contributed by atoms with Crippen LogP contribution in [0.2, 0.25) is 0 Å². The first-order valence-electron chi connectivity index (χ1n) is 4.12. The normalized spacial score (nSPS) is 10.0. The lowest BCUT2D eigenvalue weighted by atomic mass is 10.1. The van der Waals surface area contributed by atoms with Gasteiger partial charge in [-0.2, -0.15) is 0 Å². The second-order valence-corrected chi connectivity index (χ2v) is 3.76. The summed E-state index contributed by atoms with van der Waals surface area (Å²) in [5, 5.41) is 12.4. The van der Waals surface area contributed by atoms with Crippen molar-refractivity contribution >= 4 is 17.3 Å². The third-order valence-corrected chi connectivity index (χ3v) is 2.82. The average Bonchev–Trinajstić information content (AvgIpc) is 2.68. The summed E-state index contributed by atoms with van der Waals surface area (Å²) in [5.41, 5.74) is 1.95. The van der Waals surface area contributed by atoms with Crippen molar-refractivity contribution in [3.63, 3.8) is 0 Å². The number of aromatic carboxylic acids is 1. The van der Waals surface area contributed by atoms with E-state index in [1.54, 1.807) is 6.07 Å². The number of carbonyl (C=O) groups is 1. The second-order valence-electron chi connectivity index (χ2n) is 2.85. The molecule has 2 rings (SSSR count). The molecule has 1 heterocycles. The molecule has 0 aliphatic heterocycles. The number of rotatable bonds is 2. The van der Waals surface area contributed by atoms with Gasteiger partial charge in [0, 0.05) is 0 Å². The molecule has 14 heavy (non-hydrogen) atoms. The lowest BCUT2D eigenvalue weighted by molar-refractivity contribution is -0.254. The fraction of sp³-hybridized carbons (Fsp3) is 0. The van der Waals surface area contributed by atoms with E-state index in [9.17, 15) is 9.90 Å². The zero-order chi connectivity index (χ0) is 9.97. The summed E-state index contributed by atoms with van der Waals surface area (Å²) in [7, 11) is 0. The van der Waals surface area contributed by atoms with Gasteiger partial charge in [0.05, 0.1) is 10.8 Å². The summed E-state index contributed by atoms with van der Waals surface area (Å²) < 4.78 is 0. The molecule has 0 atom stereocenters. The van der Waals surface area contributed by atoms with E-state index in [1.807, 2.05) is 35.7 Å². The highest BCUT2D eigenvalue weighted by atomic mass is 32.1. The largest absolute Gasteiger partial charge is 0.544 e. The van der Waals surface area contributed by atoms with Gasteiger partial charge in [-0.25, -0.2) is 0 Å². The zero-order valence-corrected chi connectivity index (χ0v) is 8.08. The van der Waals surface area contributed by atoms with Gasteiger partial charge >= 0.3 is 0 Å². The second kappa shape index (κ2) is 3.64. The van der Waals surface area contributed by atoms with Crippen molar-refractivity contribution in [2.75, 3.05) is 0 Å². The SMILES string of the molecule is O=C([O-])c1cc(-c2ccccc2)cs1. The standard InChI is InChI=1S/C11H8O2S/c12-11(13)10-6-9(7-14-10)8-4-2-1-3-5-8/h1-7H,(H,12,13)/p-1. The molecule has 0 aliphatic carbocycles. The molecule has 0 bridgehead atoms. The molecule has 0 saturated carbocycles. The number of hydrogen-bond donors (Lipinski definition) is 0. The van der Waals surface area contributed by atoms with Gasteiger partial charge in [0.2, 0.25) is 0 Å². The predicted octanol–water partition coefficient (Wildman–Crippen LogP) is 1.78. The van der Waals surface area contributed by atoms with Crippen molar-refractivity contribution in [1.82, 2.24) is 0 Å². The highest BCUT2D eigenvalue weighted by Gasteiger charge is 2.01. The Morgan fingerprint density at radius 1 is 1.14 bits per heavy atom. The van der Waals surface area contributed by atoms with E-state index in [2.05, 4.69) is 0 Å². The molecule has 0 aliphatic rings. The highest BCUT2D eigenvalue weighted by Crippen LogP contribution is 2.24. The molecular weight excluding hydrogens is 196 g/mol. The molecule has 2 aromatic rings. The van der Waals surface area contributed by atoms with E-state index < -0.39 is 5.97 Å². The molecule has 0 amide bonds. The maximum atomic E-state index is 10.5. The van der Waals surface area contributed by atoms with Crippen molar-refractivity contribution in [3.8, 4) is 11.1 Å². The Hall–Kier alpha value is -1.61. The zero-order valence-electron chi connectivity index (χ0n) is 7.27. The molecule has 70 valence electrons. The summed E-state index contributed by atoms with van der Waals surface area (Å²) in [5.74, 6) is -1.11. The molecule has 1 aromatic carbocycles. The number of carbonyl (C=O) groups excluding carboxylic acids is 1. The molecule has 1 aromatic heterocycles. The van der Waals surface area contributed by atoms with Gasteiger partial charge in [0.15, 0.2) is 0 Å². The summed E-state index contributed by atoms with van der Waals surface area (Å²) in [6, 6.07) is 11.3. The fourth-order valence-electron chi connectivity index (χ4n) is 1.23. The average molecular weight is 203 g/mol. The third-order valence-electron chi connectivity index (χ3n) is 1.91. The molecule has 0 fully saturated rings. The Labute approximate surface area is 85.4 Å². The van der Waals surface area contributed by atoms with Crippen LogP contribution in [-0.2, 0) is 0 Å². The van der Waals surface area contributed by atoms with E-state index in [1.165, 1.54) is 11.3 Å². The van der Waals surface area contributed by atoms with Crippen molar-refractivity contribution in [3.05, 3.63) is 46.7 Å². The van der Waals surface area contributed by atoms with Gasteiger partial charge in [0.25, 0.3) is 0 Å². The molecule has 0 radical (unpaired) electrons. The van der Waals surface area contributed by atoms with Crippen LogP contribution in [0.4, 0.5) is 0 Å². The number of carboxylic acid groups (broad SMARTS) is 1. The Balaban J connectivity index is 2.39. The summed E-state index contributed by atoms with van der Waals surface area (Å²) >= 11 is 1.19. The van der Waals surface area contributed by atoms with E-state index >= 15 is 0 Å². The summed E-state index contributed by atoms with van der Waals surface area (Å²) in [6.45, 7) is 0. The van der Waals surface area contributed by atoms with Gasteiger partial charge in [-0.1, -0.05) is 30.3 Å². The molecule has 3 heteroatoms. The van der Waals surface area contributed by atoms with Gasteiger partial charge in [-0.05, 0) is 22.6 Å². The summed E-state index contributed by atoms with van der Waals surface area (Å²) in [6.07, 6.45) is 0. The quantitative estimate of drug-likeness (QED) is 0.746. The number of benzene rings is 1.